The van der Waals surface area contributed by atoms with E-state index in [4.69, 9.17) is 14.6 Å². The van der Waals surface area contributed by atoms with E-state index in [1.807, 2.05) is 16.9 Å². The molecule has 6 heteroatoms. The summed E-state index contributed by atoms with van der Waals surface area (Å²) in [5.74, 6) is 2.17. The summed E-state index contributed by atoms with van der Waals surface area (Å²) in [6, 6.07) is 8.34. The van der Waals surface area contributed by atoms with Crippen LogP contribution in [0.15, 0.2) is 30.5 Å². The van der Waals surface area contributed by atoms with Crippen LogP contribution in [-0.4, -0.2) is 52.7 Å². The van der Waals surface area contributed by atoms with Gasteiger partial charge in [0.25, 0.3) is 0 Å². The van der Waals surface area contributed by atoms with Crippen LogP contribution in [0.25, 0.3) is 0 Å². The molecule has 1 fully saturated rings. The van der Waals surface area contributed by atoms with Crippen molar-refractivity contribution in [2.24, 2.45) is 0 Å². The van der Waals surface area contributed by atoms with Crippen molar-refractivity contribution in [2.45, 2.75) is 31.8 Å². The molecule has 2 aliphatic heterocycles. The number of rotatable bonds is 5. The van der Waals surface area contributed by atoms with E-state index in [-0.39, 0.29) is 6.61 Å². The Hall–Kier alpha value is -2.05. The van der Waals surface area contributed by atoms with E-state index in [9.17, 15) is 0 Å². The van der Waals surface area contributed by atoms with Crippen LogP contribution in [0.2, 0.25) is 0 Å². The maximum absolute atomic E-state index is 9.04. The molecule has 1 unspecified atom stereocenters. The largest absolute Gasteiger partial charge is 0.486 e. The zero-order valence-electron chi connectivity index (χ0n) is 14.4. The minimum Gasteiger partial charge on any atom is -0.486 e. The lowest BCUT2D eigenvalue weighted by Gasteiger charge is -2.32. The highest BCUT2D eigenvalue weighted by Gasteiger charge is 2.23. The highest BCUT2D eigenvalue weighted by molar-refractivity contribution is 5.43. The smallest absolute Gasteiger partial charge is 0.161 e. The second-order valence-electron chi connectivity index (χ2n) is 6.78. The van der Waals surface area contributed by atoms with Gasteiger partial charge in [-0.25, -0.2) is 0 Å². The van der Waals surface area contributed by atoms with Crippen molar-refractivity contribution in [3.8, 4) is 11.5 Å². The van der Waals surface area contributed by atoms with E-state index in [0.717, 1.165) is 36.8 Å². The fraction of sp³-hybridized carbons (Fsp3) is 0.526. The van der Waals surface area contributed by atoms with Crippen molar-refractivity contribution in [1.29, 1.82) is 0 Å². The molecule has 134 valence electrons. The molecule has 1 saturated heterocycles. The Morgan fingerprint density at radius 3 is 2.92 bits per heavy atom. The summed E-state index contributed by atoms with van der Waals surface area (Å²) in [6.45, 7) is 4.99. The van der Waals surface area contributed by atoms with Crippen molar-refractivity contribution >= 4 is 0 Å². The molecule has 0 saturated carbocycles. The molecule has 1 aromatic heterocycles. The van der Waals surface area contributed by atoms with Crippen molar-refractivity contribution in [1.82, 2.24) is 14.7 Å². The lowest BCUT2D eigenvalue weighted by molar-refractivity contribution is 0.170. The molecule has 4 rings (SSSR count). The van der Waals surface area contributed by atoms with E-state index in [2.05, 4.69) is 28.2 Å². The first-order chi connectivity index (χ1) is 12.3. The molecule has 1 N–H and O–H groups in total. The molecule has 3 heterocycles. The minimum absolute atomic E-state index is 0.127. The number of aromatic nitrogens is 2. The molecule has 6 nitrogen and oxygen atoms in total. The molecular formula is C19H25N3O3. The summed E-state index contributed by atoms with van der Waals surface area (Å²) in [4.78, 5) is 2.49. The van der Waals surface area contributed by atoms with Crippen molar-refractivity contribution in [3.63, 3.8) is 0 Å². The van der Waals surface area contributed by atoms with Crippen LogP contribution in [0.5, 0.6) is 11.5 Å². The third-order valence-corrected chi connectivity index (χ3v) is 4.93. The van der Waals surface area contributed by atoms with E-state index in [1.165, 1.54) is 18.4 Å². The standard InChI is InChI=1S/C19H25N3O3/c23-9-8-22-7-5-17(20-22)16-2-1-6-21(14-16)13-15-3-4-18-19(12-15)25-11-10-24-18/h3-5,7,12,16,23H,1-2,6,8-11,13-14H2. The van der Waals surface area contributed by atoms with Gasteiger partial charge in [-0.1, -0.05) is 6.07 Å². The van der Waals surface area contributed by atoms with E-state index < -0.39 is 0 Å². The van der Waals surface area contributed by atoms with Gasteiger partial charge < -0.3 is 14.6 Å². The molecule has 1 aromatic carbocycles. The monoisotopic (exact) mass is 343 g/mol. The number of hydrogen-bond acceptors (Lipinski definition) is 5. The van der Waals surface area contributed by atoms with Crippen molar-refractivity contribution in [2.75, 3.05) is 32.9 Å². The third kappa shape index (κ3) is 3.80. The number of aliphatic hydroxyl groups is 1. The Balaban J connectivity index is 1.41. The zero-order chi connectivity index (χ0) is 17.1. The average Bonchev–Trinajstić information content (AvgIpc) is 3.11. The van der Waals surface area contributed by atoms with Crippen LogP contribution in [-0.2, 0) is 13.1 Å². The Kier molecular flexibility index (Phi) is 4.90. The number of piperidine rings is 1. The van der Waals surface area contributed by atoms with Gasteiger partial charge in [0, 0.05) is 25.2 Å². The maximum atomic E-state index is 9.04. The van der Waals surface area contributed by atoms with Gasteiger partial charge in [0.1, 0.15) is 13.2 Å². The summed E-state index contributed by atoms with van der Waals surface area (Å²) in [5, 5.41) is 13.7. The van der Waals surface area contributed by atoms with Gasteiger partial charge in [0.2, 0.25) is 0 Å². The van der Waals surface area contributed by atoms with Gasteiger partial charge in [-0.2, -0.15) is 5.10 Å². The second kappa shape index (κ2) is 7.45. The van der Waals surface area contributed by atoms with Crippen LogP contribution in [0.1, 0.15) is 30.0 Å². The van der Waals surface area contributed by atoms with Crippen LogP contribution in [0.3, 0.4) is 0 Å². The molecule has 2 aromatic rings. The van der Waals surface area contributed by atoms with Crippen LogP contribution in [0, 0.1) is 0 Å². The summed E-state index contributed by atoms with van der Waals surface area (Å²) in [6.07, 6.45) is 4.32. The van der Waals surface area contributed by atoms with Crippen molar-refractivity contribution < 1.29 is 14.6 Å². The maximum Gasteiger partial charge on any atom is 0.161 e. The highest BCUT2D eigenvalue weighted by Crippen LogP contribution is 2.32. The first-order valence-corrected chi connectivity index (χ1v) is 9.07. The number of ether oxygens (including phenoxy) is 2. The molecule has 0 aliphatic carbocycles. The molecule has 0 amide bonds. The number of hydrogen-bond donors (Lipinski definition) is 1. The van der Waals surface area contributed by atoms with E-state index in [1.54, 1.807) is 0 Å². The molecule has 2 aliphatic rings. The first-order valence-electron chi connectivity index (χ1n) is 9.07. The van der Waals surface area contributed by atoms with Gasteiger partial charge in [0.15, 0.2) is 11.5 Å². The topological polar surface area (TPSA) is 59.8 Å². The van der Waals surface area contributed by atoms with Gasteiger partial charge in [-0.05, 0) is 43.1 Å². The molecule has 0 radical (unpaired) electrons. The van der Waals surface area contributed by atoms with Crippen LogP contribution >= 0.6 is 0 Å². The first kappa shape index (κ1) is 16.4. The average molecular weight is 343 g/mol. The van der Waals surface area contributed by atoms with Crippen molar-refractivity contribution in [3.05, 3.63) is 41.7 Å². The number of benzene rings is 1. The molecule has 0 bridgehead atoms. The number of aliphatic hydroxyl groups excluding tert-OH is 1. The number of likely N-dealkylation sites (tertiary alicyclic amines) is 1. The molecule has 25 heavy (non-hydrogen) atoms. The molecule has 0 spiro atoms. The number of fused-ring (bicyclic) bond motifs is 1. The summed E-state index contributed by atoms with van der Waals surface area (Å²) in [5.41, 5.74) is 2.40. The summed E-state index contributed by atoms with van der Waals surface area (Å²) >= 11 is 0. The highest BCUT2D eigenvalue weighted by atomic mass is 16.6. The van der Waals surface area contributed by atoms with Crippen LogP contribution in [0.4, 0.5) is 0 Å². The zero-order valence-corrected chi connectivity index (χ0v) is 14.4. The third-order valence-electron chi connectivity index (χ3n) is 4.93. The van der Waals surface area contributed by atoms with Gasteiger partial charge in [0.05, 0.1) is 18.8 Å². The van der Waals surface area contributed by atoms with Gasteiger partial charge in [-0.3, -0.25) is 9.58 Å². The Labute approximate surface area is 148 Å². The van der Waals surface area contributed by atoms with Gasteiger partial charge >= 0.3 is 0 Å². The Morgan fingerprint density at radius 2 is 2.04 bits per heavy atom. The summed E-state index contributed by atoms with van der Waals surface area (Å²) < 4.78 is 13.1. The normalized spacial score (nSPS) is 20.6. The fourth-order valence-corrected chi connectivity index (χ4v) is 3.71. The predicted octanol–water partition coefficient (Wildman–Crippen LogP) is 2.03. The van der Waals surface area contributed by atoms with E-state index >= 15 is 0 Å². The SMILES string of the molecule is OCCn1ccc(C2CCCN(Cc3ccc4c(c3)OCCO4)C2)n1. The fourth-order valence-electron chi connectivity index (χ4n) is 3.71. The lowest BCUT2D eigenvalue weighted by Crippen LogP contribution is -2.34. The Bertz CT molecular complexity index is 716. The second-order valence-corrected chi connectivity index (χ2v) is 6.78. The molecule has 1 atom stereocenters. The van der Waals surface area contributed by atoms with E-state index in [0.29, 0.717) is 25.7 Å². The minimum atomic E-state index is 0.127. The predicted molar refractivity (Wildman–Crippen MR) is 94.0 cm³/mol. The quantitative estimate of drug-likeness (QED) is 0.900. The lowest BCUT2D eigenvalue weighted by atomic mass is 9.94. The van der Waals surface area contributed by atoms with Crippen LogP contribution < -0.4 is 9.47 Å². The summed E-state index contributed by atoms with van der Waals surface area (Å²) in [7, 11) is 0. The van der Waals surface area contributed by atoms with Gasteiger partial charge in [-0.15, -0.1) is 0 Å². The Morgan fingerprint density at radius 1 is 1.16 bits per heavy atom. The number of nitrogens with zero attached hydrogens (tertiary/aromatic N) is 3. The molecular weight excluding hydrogens is 318 g/mol.